The minimum Gasteiger partial charge on any atom is -0.308 e. The number of nitrogen functional groups attached to an aromatic ring is 1. The van der Waals surface area contributed by atoms with Crippen LogP contribution in [0.15, 0.2) is 18.3 Å². The molecule has 0 aromatic carbocycles. The Hall–Kier alpha value is -1.13. The second-order valence-electron chi connectivity index (χ2n) is 4.26. The van der Waals surface area contributed by atoms with Crippen molar-refractivity contribution in [2.75, 3.05) is 12.0 Å². The van der Waals surface area contributed by atoms with Crippen LogP contribution in [0.5, 0.6) is 0 Å². The zero-order valence-corrected chi connectivity index (χ0v) is 10.4. The van der Waals surface area contributed by atoms with Crippen molar-refractivity contribution in [3.8, 4) is 0 Å². The maximum Gasteiger partial charge on any atom is 0.140 e. The number of nitrogens with two attached hydrogens (primary N) is 1. The van der Waals surface area contributed by atoms with Crippen LogP contribution in [-0.4, -0.2) is 22.5 Å². The van der Waals surface area contributed by atoms with Crippen molar-refractivity contribution >= 4 is 5.82 Å². The lowest BCUT2D eigenvalue weighted by Gasteiger charge is -2.26. The van der Waals surface area contributed by atoms with Gasteiger partial charge in [-0.25, -0.2) is 10.8 Å². The molecule has 0 aliphatic heterocycles. The van der Waals surface area contributed by atoms with E-state index in [4.69, 9.17) is 5.84 Å². The number of pyridine rings is 1. The largest absolute Gasteiger partial charge is 0.308 e. The Morgan fingerprint density at radius 1 is 1.50 bits per heavy atom. The van der Waals surface area contributed by atoms with Gasteiger partial charge in [-0.2, -0.15) is 0 Å². The minimum atomic E-state index is 0.558. The highest BCUT2D eigenvalue weighted by atomic mass is 15.2. The molecule has 0 amide bonds. The van der Waals surface area contributed by atoms with Crippen LogP contribution in [0.2, 0.25) is 0 Å². The maximum atomic E-state index is 5.34. The fourth-order valence-corrected chi connectivity index (χ4v) is 1.69. The van der Waals surface area contributed by atoms with Gasteiger partial charge in [0.1, 0.15) is 5.82 Å². The summed E-state index contributed by atoms with van der Waals surface area (Å²) in [4.78, 5) is 6.54. The number of nitrogens with zero attached hydrogens (tertiary/aromatic N) is 2. The van der Waals surface area contributed by atoms with Crippen molar-refractivity contribution in [3.05, 3.63) is 23.9 Å². The maximum absolute atomic E-state index is 5.34. The molecule has 4 nitrogen and oxygen atoms in total. The Labute approximate surface area is 97.8 Å². The van der Waals surface area contributed by atoms with Crippen LogP contribution in [-0.2, 0) is 6.54 Å². The molecule has 3 N–H and O–H groups in total. The molecule has 0 spiro atoms. The Morgan fingerprint density at radius 2 is 2.25 bits per heavy atom. The number of hydrazine groups is 1. The van der Waals surface area contributed by atoms with Gasteiger partial charge in [-0.3, -0.25) is 4.90 Å². The quantitative estimate of drug-likeness (QED) is 0.571. The third kappa shape index (κ3) is 3.79. The summed E-state index contributed by atoms with van der Waals surface area (Å²) in [7, 11) is 0. The normalized spacial score (nSPS) is 11.1. The Morgan fingerprint density at radius 3 is 2.81 bits per heavy atom. The number of hydrogen-bond acceptors (Lipinski definition) is 4. The summed E-state index contributed by atoms with van der Waals surface area (Å²) in [5, 5.41) is 0. The number of anilines is 1. The predicted octanol–water partition coefficient (Wildman–Crippen LogP) is 1.99. The smallest absolute Gasteiger partial charge is 0.140 e. The summed E-state index contributed by atoms with van der Waals surface area (Å²) in [6.45, 7) is 8.71. The van der Waals surface area contributed by atoms with E-state index in [1.54, 1.807) is 6.20 Å². The molecular weight excluding hydrogens is 200 g/mol. The lowest BCUT2D eigenvalue weighted by Crippen LogP contribution is -2.31. The Bertz CT molecular complexity index is 312. The van der Waals surface area contributed by atoms with Crippen LogP contribution >= 0.6 is 0 Å². The zero-order valence-electron chi connectivity index (χ0n) is 10.4. The first-order chi connectivity index (χ1) is 7.67. The molecule has 90 valence electrons. The number of aromatic nitrogens is 1. The third-order valence-electron chi connectivity index (χ3n) is 2.60. The average molecular weight is 222 g/mol. The van der Waals surface area contributed by atoms with Gasteiger partial charge in [-0.1, -0.05) is 6.92 Å². The Kier molecular flexibility index (Phi) is 5.22. The van der Waals surface area contributed by atoms with Gasteiger partial charge in [-0.15, -0.1) is 0 Å². The van der Waals surface area contributed by atoms with Gasteiger partial charge in [0.25, 0.3) is 0 Å². The molecule has 1 rings (SSSR count). The lowest BCUT2D eigenvalue weighted by atomic mass is 10.2. The van der Waals surface area contributed by atoms with E-state index in [1.807, 2.05) is 12.1 Å². The van der Waals surface area contributed by atoms with E-state index < -0.39 is 0 Å². The summed E-state index contributed by atoms with van der Waals surface area (Å²) < 4.78 is 0. The fraction of sp³-hybridized carbons (Fsp3) is 0.583. The first kappa shape index (κ1) is 12.9. The van der Waals surface area contributed by atoms with Crippen molar-refractivity contribution in [2.24, 2.45) is 5.84 Å². The lowest BCUT2D eigenvalue weighted by molar-refractivity contribution is 0.213. The average Bonchev–Trinajstić information content (AvgIpc) is 2.28. The summed E-state index contributed by atoms with van der Waals surface area (Å²) in [5.74, 6) is 6.06. The molecule has 0 fully saturated rings. The van der Waals surface area contributed by atoms with Gasteiger partial charge >= 0.3 is 0 Å². The van der Waals surface area contributed by atoms with E-state index in [0.29, 0.717) is 6.04 Å². The van der Waals surface area contributed by atoms with E-state index in [-0.39, 0.29) is 0 Å². The highest BCUT2D eigenvalue weighted by molar-refractivity contribution is 5.35. The van der Waals surface area contributed by atoms with E-state index in [2.05, 4.69) is 36.1 Å². The second kappa shape index (κ2) is 6.45. The highest BCUT2D eigenvalue weighted by Crippen LogP contribution is 2.11. The molecule has 1 aromatic rings. The number of hydrogen-bond donors (Lipinski definition) is 2. The van der Waals surface area contributed by atoms with Crippen LogP contribution in [0.4, 0.5) is 5.82 Å². The van der Waals surface area contributed by atoms with Crippen molar-refractivity contribution in [2.45, 2.75) is 39.8 Å². The molecule has 0 saturated heterocycles. The fourth-order valence-electron chi connectivity index (χ4n) is 1.69. The van der Waals surface area contributed by atoms with Gasteiger partial charge in [0.05, 0.1) is 0 Å². The first-order valence-corrected chi connectivity index (χ1v) is 5.83. The molecule has 0 radical (unpaired) electrons. The van der Waals surface area contributed by atoms with Crippen LogP contribution in [0.25, 0.3) is 0 Å². The van der Waals surface area contributed by atoms with Gasteiger partial charge in [0.15, 0.2) is 0 Å². The van der Waals surface area contributed by atoms with Crippen LogP contribution in [0.1, 0.15) is 32.8 Å². The second-order valence-corrected chi connectivity index (χ2v) is 4.26. The molecule has 4 heteroatoms. The number of nitrogens with one attached hydrogen (secondary N) is 1. The molecule has 1 heterocycles. The first-order valence-electron chi connectivity index (χ1n) is 5.83. The minimum absolute atomic E-state index is 0.558. The summed E-state index contributed by atoms with van der Waals surface area (Å²) in [6.07, 6.45) is 2.96. The molecule has 0 aliphatic carbocycles. The van der Waals surface area contributed by atoms with Crippen molar-refractivity contribution in [1.29, 1.82) is 0 Å². The molecule has 1 aromatic heterocycles. The van der Waals surface area contributed by atoms with Gasteiger partial charge in [-0.05, 0) is 44.5 Å². The van der Waals surface area contributed by atoms with Gasteiger partial charge in [0, 0.05) is 18.8 Å². The summed E-state index contributed by atoms with van der Waals surface area (Å²) in [5.41, 5.74) is 3.81. The summed E-state index contributed by atoms with van der Waals surface area (Å²) >= 11 is 0. The zero-order chi connectivity index (χ0) is 12.0. The SMILES string of the molecule is CCCN(Cc1ccnc(NN)c1)C(C)C. The third-order valence-corrected chi connectivity index (χ3v) is 2.60. The van der Waals surface area contributed by atoms with Gasteiger partial charge < -0.3 is 5.43 Å². The predicted molar refractivity (Wildman–Crippen MR) is 67.9 cm³/mol. The van der Waals surface area contributed by atoms with Gasteiger partial charge in [0.2, 0.25) is 0 Å². The molecular formula is C12H22N4. The standard InChI is InChI=1S/C12H22N4/c1-4-7-16(10(2)3)9-11-5-6-14-12(8-11)15-13/h5-6,8,10H,4,7,9,13H2,1-3H3,(H,14,15). The molecule has 0 saturated carbocycles. The summed E-state index contributed by atoms with van der Waals surface area (Å²) in [6, 6.07) is 4.58. The van der Waals surface area contributed by atoms with Crippen LogP contribution < -0.4 is 11.3 Å². The van der Waals surface area contributed by atoms with E-state index in [9.17, 15) is 0 Å². The molecule has 0 unspecified atom stereocenters. The van der Waals surface area contributed by atoms with E-state index in [0.717, 1.165) is 18.9 Å². The van der Waals surface area contributed by atoms with E-state index in [1.165, 1.54) is 12.0 Å². The topological polar surface area (TPSA) is 54.2 Å². The Balaban J connectivity index is 2.68. The van der Waals surface area contributed by atoms with Crippen LogP contribution in [0.3, 0.4) is 0 Å². The molecule has 16 heavy (non-hydrogen) atoms. The molecule has 0 atom stereocenters. The highest BCUT2D eigenvalue weighted by Gasteiger charge is 2.09. The number of rotatable bonds is 6. The molecule has 0 aliphatic rings. The van der Waals surface area contributed by atoms with Crippen molar-refractivity contribution < 1.29 is 0 Å². The molecule has 0 bridgehead atoms. The van der Waals surface area contributed by atoms with Crippen LogP contribution in [0, 0.1) is 0 Å². The monoisotopic (exact) mass is 222 g/mol. The van der Waals surface area contributed by atoms with Crippen molar-refractivity contribution in [1.82, 2.24) is 9.88 Å². The van der Waals surface area contributed by atoms with E-state index >= 15 is 0 Å². The van der Waals surface area contributed by atoms with Crippen molar-refractivity contribution in [3.63, 3.8) is 0 Å².